The third-order valence-electron chi connectivity index (χ3n) is 2.23. The fourth-order valence-corrected chi connectivity index (χ4v) is 1.50. The van der Waals surface area contributed by atoms with Crippen LogP contribution in [-0.2, 0) is 9.53 Å². The van der Waals surface area contributed by atoms with Gasteiger partial charge in [-0.2, -0.15) is 0 Å². The SMILES string of the molecule is CC(C)OCCNC(=O)C1CCCN1.Cl. The molecule has 1 saturated heterocycles. The molecule has 0 aromatic heterocycles. The minimum absolute atomic E-state index is 0. The number of nitrogens with one attached hydrogen (secondary N) is 2. The van der Waals surface area contributed by atoms with Crippen molar-refractivity contribution in [1.82, 2.24) is 10.6 Å². The Morgan fingerprint density at radius 2 is 2.33 bits per heavy atom. The monoisotopic (exact) mass is 236 g/mol. The summed E-state index contributed by atoms with van der Waals surface area (Å²) >= 11 is 0. The predicted molar refractivity (Wildman–Crippen MR) is 62.4 cm³/mol. The molecule has 0 aromatic rings. The first-order valence-corrected chi connectivity index (χ1v) is 5.33. The molecule has 1 aliphatic heterocycles. The summed E-state index contributed by atoms with van der Waals surface area (Å²) in [6.45, 7) is 6.13. The van der Waals surface area contributed by atoms with Crippen LogP contribution in [0.3, 0.4) is 0 Å². The van der Waals surface area contributed by atoms with Gasteiger partial charge in [0.05, 0.1) is 18.8 Å². The quantitative estimate of drug-likeness (QED) is 0.691. The molecule has 0 spiro atoms. The zero-order valence-corrected chi connectivity index (χ0v) is 10.2. The van der Waals surface area contributed by atoms with Gasteiger partial charge in [0, 0.05) is 6.54 Å². The molecule has 0 saturated carbocycles. The average Bonchev–Trinajstić information content (AvgIpc) is 2.64. The molecule has 1 aliphatic rings. The summed E-state index contributed by atoms with van der Waals surface area (Å²) < 4.78 is 5.32. The highest BCUT2D eigenvalue weighted by atomic mass is 35.5. The van der Waals surface area contributed by atoms with E-state index in [9.17, 15) is 4.79 Å². The first kappa shape index (κ1) is 14.7. The van der Waals surface area contributed by atoms with Gasteiger partial charge >= 0.3 is 0 Å². The Morgan fingerprint density at radius 3 is 2.87 bits per heavy atom. The maximum atomic E-state index is 11.5. The van der Waals surface area contributed by atoms with Gasteiger partial charge in [-0.1, -0.05) is 0 Å². The molecule has 90 valence electrons. The van der Waals surface area contributed by atoms with E-state index in [1.54, 1.807) is 0 Å². The molecule has 5 heteroatoms. The van der Waals surface area contributed by atoms with Gasteiger partial charge in [0.15, 0.2) is 0 Å². The van der Waals surface area contributed by atoms with E-state index in [0.717, 1.165) is 19.4 Å². The van der Waals surface area contributed by atoms with Gasteiger partial charge in [-0.15, -0.1) is 12.4 Å². The topological polar surface area (TPSA) is 50.4 Å². The van der Waals surface area contributed by atoms with Crippen molar-refractivity contribution in [2.24, 2.45) is 0 Å². The van der Waals surface area contributed by atoms with Crippen LogP contribution in [0.25, 0.3) is 0 Å². The summed E-state index contributed by atoms with van der Waals surface area (Å²) in [5, 5.41) is 6.01. The Hall–Kier alpha value is -0.320. The normalized spacial score (nSPS) is 20.1. The number of hydrogen-bond acceptors (Lipinski definition) is 3. The number of carbonyl (C=O) groups is 1. The van der Waals surface area contributed by atoms with Crippen LogP contribution in [-0.4, -0.2) is 37.7 Å². The standard InChI is InChI=1S/C10H20N2O2.ClH/c1-8(2)14-7-6-12-10(13)9-4-3-5-11-9;/h8-9,11H,3-7H2,1-2H3,(H,12,13);1H. The molecule has 1 amide bonds. The number of ether oxygens (including phenoxy) is 1. The Bertz CT molecular complexity index is 182. The van der Waals surface area contributed by atoms with Crippen molar-refractivity contribution in [3.63, 3.8) is 0 Å². The van der Waals surface area contributed by atoms with E-state index >= 15 is 0 Å². The highest BCUT2D eigenvalue weighted by Crippen LogP contribution is 2.03. The van der Waals surface area contributed by atoms with Crippen molar-refractivity contribution in [2.45, 2.75) is 38.8 Å². The second-order valence-electron chi connectivity index (χ2n) is 3.86. The van der Waals surface area contributed by atoms with E-state index in [1.807, 2.05) is 13.8 Å². The van der Waals surface area contributed by atoms with Crippen LogP contribution in [0.4, 0.5) is 0 Å². The molecule has 1 unspecified atom stereocenters. The number of hydrogen-bond donors (Lipinski definition) is 2. The van der Waals surface area contributed by atoms with Crippen molar-refractivity contribution in [1.29, 1.82) is 0 Å². The molecule has 1 rings (SSSR count). The summed E-state index contributed by atoms with van der Waals surface area (Å²) in [4.78, 5) is 11.5. The van der Waals surface area contributed by atoms with Crippen LogP contribution < -0.4 is 10.6 Å². The van der Waals surface area contributed by atoms with E-state index in [0.29, 0.717) is 13.2 Å². The fraction of sp³-hybridized carbons (Fsp3) is 0.900. The maximum Gasteiger partial charge on any atom is 0.237 e. The van der Waals surface area contributed by atoms with Gasteiger partial charge in [-0.05, 0) is 33.2 Å². The van der Waals surface area contributed by atoms with Crippen LogP contribution in [0.15, 0.2) is 0 Å². The summed E-state index contributed by atoms with van der Waals surface area (Å²) in [5.41, 5.74) is 0. The number of carbonyl (C=O) groups excluding carboxylic acids is 1. The second kappa shape index (κ2) is 7.91. The zero-order chi connectivity index (χ0) is 10.4. The van der Waals surface area contributed by atoms with Crippen molar-refractivity contribution < 1.29 is 9.53 Å². The number of rotatable bonds is 5. The van der Waals surface area contributed by atoms with Crippen LogP contribution in [0.2, 0.25) is 0 Å². The van der Waals surface area contributed by atoms with Crippen LogP contribution in [0, 0.1) is 0 Å². The fourth-order valence-electron chi connectivity index (χ4n) is 1.50. The van der Waals surface area contributed by atoms with Gasteiger partial charge in [0.1, 0.15) is 0 Å². The Kier molecular flexibility index (Phi) is 7.74. The molecule has 2 N–H and O–H groups in total. The van der Waals surface area contributed by atoms with Crippen molar-refractivity contribution in [3.05, 3.63) is 0 Å². The van der Waals surface area contributed by atoms with E-state index < -0.39 is 0 Å². The van der Waals surface area contributed by atoms with Gasteiger partial charge in [0.25, 0.3) is 0 Å². The maximum absolute atomic E-state index is 11.5. The van der Waals surface area contributed by atoms with Gasteiger partial charge < -0.3 is 15.4 Å². The summed E-state index contributed by atoms with van der Waals surface area (Å²) in [6.07, 6.45) is 2.29. The molecular formula is C10H21ClN2O2. The molecule has 0 aromatic carbocycles. The first-order chi connectivity index (χ1) is 6.70. The molecule has 15 heavy (non-hydrogen) atoms. The molecule has 4 nitrogen and oxygen atoms in total. The lowest BCUT2D eigenvalue weighted by Gasteiger charge is -2.12. The second-order valence-corrected chi connectivity index (χ2v) is 3.86. The lowest BCUT2D eigenvalue weighted by molar-refractivity contribution is -0.123. The Morgan fingerprint density at radius 1 is 1.60 bits per heavy atom. The minimum atomic E-state index is 0. The zero-order valence-electron chi connectivity index (χ0n) is 9.41. The summed E-state index contributed by atoms with van der Waals surface area (Å²) in [7, 11) is 0. The third-order valence-corrected chi connectivity index (χ3v) is 2.23. The smallest absolute Gasteiger partial charge is 0.237 e. The van der Waals surface area contributed by atoms with Crippen LogP contribution >= 0.6 is 12.4 Å². The van der Waals surface area contributed by atoms with E-state index in [4.69, 9.17) is 4.74 Å². The molecular weight excluding hydrogens is 216 g/mol. The average molecular weight is 237 g/mol. The molecule has 1 fully saturated rings. The Labute approximate surface area is 97.5 Å². The number of amides is 1. The van der Waals surface area contributed by atoms with Crippen LogP contribution in [0.1, 0.15) is 26.7 Å². The summed E-state index contributed by atoms with van der Waals surface area (Å²) in [5.74, 6) is 0.106. The van der Waals surface area contributed by atoms with Crippen LogP contribution in [0.5, 0.6) is 0 Å². The van der Waals surface area contributed by atoms with E-state index in [1.165, 1.54) is 0 Å². The van der Waals surface area contributed by atoms with Gasteiger partial charge in [-0.3, -0.25) is 4.79 Å². The highest BCUT2D eigenvalue weighted by Gasteiger charge is 2.20. The molecule has 0 radical (unpaired) electrons. The summed E-state index contributed by atoms with van der Waals surface area (Å²) in [6, 6.07) is 0.0223. The van der Waals surface area contributed by atoms with Gasteiger partial charge in [0.2, 0.25) is 5.91 Å². The lowest BCUT2D eigenvalue weighted by atomic mass is 10.2. The Balaban J connectivity index is 0.00000196. The van der Waals surface area contributed by atoms with Crippen molar-refractivity contribution in [3.8, 4) is 0 Å². The minimum Gasteiger partial charge on any atom is -0.377 e. The van der Waals surface area contributed by atoms with Crippen molar-refractivity contribution >= 4 is 18.3 Å². The highest BCUT2D eigenvalue weighted by molar-refractivity contribution is 5.85. The molecule has 1 atom stereocenters. The molecule has 0 aliphatic carbocycles. The van der Waals surface area contributed by atoms with E-state index in [2.05, 4.69) is 10.6 Å². The van der Waals surface area contributed by atoms with Crippen molar-refractivity contribution in [2.75, 3.05) is 19.7 Å². The molecule has 1 heterocycles. The van der Waals surface area contributed by atoms with Gasteiger partial charge in [-0.25, -0.2) is 0 Å². The number of halogens is 1. The first-order valence-electron chi connectivity index (χ1n) is 5.33. The van der Waals surface area contributed by atoms with E-state index in [-0.39, 0.29) is 30.5 Å². The lowest BCUT2D eigenvalue weighted by Crippen LogP contribution is -2.41. The molecule has 0 bridgehead atoms. The largest absolute Gasteiger partial charge is 0.377 e. The predicted octanol–water partition coefficient (Wildman–Crippen LogP) is 0.701. The third kappa shape index (κ3) is 5.97.